The summed E-state index contributed by atoms with van der Waals surface area (Å²) >= 11 is 0. The second-order valence-corrected chi connectivity index (χ2v) is 5.93. The number of amides is 1. The Morgan fingerprint density at radius 1 is 1.46 bits per heavy atom. The number of carbonyl (C=O) groups excluding carboxylic acids is 2. The van der Waals surface area contributed by atoms with Gasteiger partial charge in [-0.25, -0.2) is 4.98 Å². The van der Waals surface area contributed by atoms with Gasteiger partial charge in [-0.2, -0.15) is 0 Å². The van der Waals surface area contributed by atoms with Gasteiger partial charge in [0.25, 0.3) is 5.91 Å². The standard InChI is InChI=1S/C17H22N4O4.CH4/c1-4-25-13-6-5-7-21-14(10(2)19-15(13)21)16(22)20-11-8-12(18-9-11)17(23)24-3;/h5-7,11-12,18H,4,8-9H2,1-3H3,(H,20,22);1H4/t11-,12-;/m0./s1. The first kappa shape index (κ1) is 19.7. The Morgan fingerprint density at radius 3 is 2.92 bits per heavy atom. The summed E-state index contributed by atoms with van der Waals surface area (Å²) in [4.78, 5) is 28.8. The van der Waals surface area contributed by atoms with E-state index in [1.54, 1.807) is 17.5 Å². The van der Waals surface area contributed by atoms with Crippen molar-refractivity contribution in [1.29, 1.82) is 0 Å². The van der Waals surface area contributed by atoms with E-state index in [0.29, 0.717) is 42.4 Å². The molecule has 3 heterocycles. The lowest BCUT2D eigenvalue weighted by atomic mass is 10.1. The molecule has 0 radical (unpaired) electrons. The minimum atomic E-state index is -0.386. The molecule has 0 aliphatic carbocycles. The highest BCUT2D eigenvalue weighted by molar-refractivity contribution is 5.95. The maximum atomic E-state index is 12.8. The number of esters is 1. The van der Waals surface area contributed by atoms with E-state index >= 15 is 0 Å². The molecule has 1 aliphatic heterocycles. The van der Waals surface area contributed by atoms with Crippen LogP contribution in [0.2, 0.25) is 0 Å². The van der Waals surface area contributed by atoms with Gasteiger partial charge in [0.15, 0.2) is 11.4 Å². The van der Waals surface area contributed by atoms with Gasteiger partial charge in [-0.15, -0.1) is 0 Å². The number of rotatable bonds is 5. The first-order chi connectivity index (χ1) is 12.0. The average Bonchev–Trinajstić information content (AvgIpc) is 3.18. The number of methoxy groups -OCH3 is 1. The van der Waals surface area contributed by atoms with Crippen LogP contribution in [0.1, 0.15) is 37.0 Å². The van der Waals surface area contributed by atoms with E-state index in [9.17, 15) is 9.59 Å². The summed E-state index contributed by atoms with van der Waals surface area (Å²) in [5.41, 5.74) is 1.71. The van der Waals surface area contributed by atoms with Crippen molar-refractivity contribution in [3.8, 4) is 5.75 Å². The molecular weight excluding hydrogens is 336 g/mol. The Labute approximate surface area is 152 Å². The highest BCUT2D eigenvalue weighted by Crippen LogP contribution is 2.22. The van der Waals surface area contributed by atoms with Crippen LogP contribution in [0.4, 0.5) is 0 Å². The van der Waals surface area contributed by atoms with Crippen molar-refractivity contribution in [2.75, 3.05) is 20.3 Å². The zero-order valence-corrected chi connectivity index (χ0v) is 14.5. The van der Waals surface area contributed by atoms with Crippen molar-refractivity contribution >= 4 is 17.5 Å². The lowest BCUT2D eigenvalue weighted by molar-refractivity contribution is -0.142. The molecular formula is C18H26N4O4. The molecule has 8 heteroatoms. The second-order valence-electron chi connectivity index (χ2n) is 5.93. The van der Waals surface area contributed by atoms with Crippen molar-refractivity contribution in [2.24, 2.45) is 0 Å². The Morgan fingerprint density at radius 2 is 2.23 bits per heavy atom. The van der Waals surface area contributed by atoms with Crippen molar-refractivity contribution in [2.45, 2.75) is 39.8 Å². The topological polar surface area (TPSA) is 94.0 Å². The third-order valence-electron chi connectivity index (χ3n) is 4.26. The van der Waals surface area contributed by atoms with E-state index in [1.165, 1.54) is 7.11 Å². The largest absolute Gasteiger partial charge is 0.490 e. The van der Waals surface area contributed by atoms with Crippen LogP contribution < -0.4 is 15.4 Å². The molecule has 26 heavy (non-hydrogen) atoms. The molecule has 2 aromatic heterocycles. The maximum Gasteiger partial charge on any atom is 0.322 e. The van der Waals surface area contributed by atoms with Crippen LogP contribution >= 0.6 is 0 Å². The van der Waals surface area contributed by atoms with Gasteiger partial charge < -0.3 is 20.1 Å². The molecule has 1 amide bonds. The normalized spacial score (nSPS) is 19.0. The first-order valence-electron chi connectivity index (χ1n) is 8.27. The smallest absolute Gasteiger partial charge is 0.322 e. The zero-order chi connectivity index (χ0) is 18.0. The first-order valence-corrected chi connectivity index (χ1v) is 8.27. The van der Waals surface area contributed by atoms with Crippen molar-refractivity contribution < 1.29 is 19.1 Å². The predicted molar refractivity (Wildman–Crippen MR) is 97.5 cm³/mol. The predicted octanol–water partition coefficient (Wildman–Crippen LogP) is 1.31. The molecule has 1 fully saturated rings. The Bertz CT molecular complexity index is 802. The van der Waals surface area contributed by atoms with E-state index in [4.69, 9.17) is 9.47 Å². The average molecular weight is 362 g/mol. The molecule has 2 aromatic rings. The quantitative estimate of drug-likeness (QED) is 0.779. The molecule has 0 saturated carbocycles. The molecule has 0 aromatic carbocycles. The van der Waals surface area contributed by atoms with Gasteiger partial charge in [-0.05, 0) is 32.4 Å². The fraction of sp³-hybridized carbons (Fsp3) is 0.500. The third-order valence-corrected chi connectivity index (χ3v) is 4.26. The third kappa shape index (κ3) is 3.65. The number of hydrogen-bond acceptors (Lipinski definition) is 6. The number of nitrogens with zero attached hydrogens (tertiary/aromatic N) is 2. The van der Waals surface area contributed by atoms with E-state index in [2.05, 4.69) is 15.6 Å². The highest BCUT2D eigenvalue weighted by atomic mass is 16.5. The van der Waals surface area contributed by atoms with Crippen LogP contribution in [-0.4, -0.2) is 53.6 Å². The van der Waals surface area contributed by atoms with Crippen LogP contribution in [0.15, 0.2) is 18.3 Å². The van der Waals surface area contributed by atoms with Crippen LogP contribution in [-0.2, 0) is 9.53 Å². The molecule has 1 aliphatic rings. The Hall–Kier alpha value is -2.61. The van der Waals surface area contributed by atoms with Gasteiger partial charge in [-0.3, -0.25) is 14.0 Å². The van der Waals surface area contributed by atoms with Gasteiger partial charge in [0.1, 0.15) is 11.7 Å². The molecule has 1 saturated heterocycles. The van der Waals surface area contributed by atoms with Crippen LogP contribution in [0.3, 0.4) is 0 Å². The fourth-order valence-corrected chi connectivity index (χ4v) is 3.12. The minimum absolute atomic E-state index is 0. The number of imidazole rings is 1. The van der Waals surface area contributed by atoms with E-state index in [1.807, 2.05) is 19.1 Å². The van der Waals surface area contributed by atoms with Gasteiger partial charge in [0, 0.05) is 18.8 Å². The molecule has 8 nitrogen and oxygen atoms in total. The molecule has 2 N–H and O–H groups in total. The lowest BCUT2D eigenvalue weighted by Gasteiger charge is -2.12. The number of carbonyl (C=O) groups is 2. The van der Waals surface area contributed by atoms with Crippen molar-refractivity contribution in [1.82, 2.24) is 20.0 Å². The lowest BCUT2D eigenvalue weighted by Crippen LogP contribution is -2.37. The summed E-state index contributed by atoms with van der Waals surface area (Å²) in [5, 5.41) is 6.02. The van der Waals surface area contributed by atoms with Gasteiger partial charge in [0.05, 0.1) is 19.4 Å². The fourth-order valence-electron chi connectivity index (χ4n) is 3.12. The monoisotopic (exact) mass is 362 g/mol. The van der Waals surface area contributed by atoms with Crippen molar-refractivity contribution in [3.05, 3.63) is 29.7 Å². The zero-order valence-electron chi connectivity index (χ0n) is 14.5. The molecule has 2 atom stereocenters. The Kier molecular flexibility index (Phi) is 6.20. The maximum absolute atomic E-state index is 12.8. The molecule has 142 valence electrons. The number of fused-ring (bicyclic) bond motifs is 1. The van der Waals surface area contributed by atoms with Crippen LogP contribution in [0.5, 0.6) is 5.75 Å². The molecule has 3 rings (SSSR count). The second kappa shape index (κ2) is 8.18. The van der Waals surface area contributed by atoms with E-state index < -0.39 is 0 Å². The minimum Gasteiger partial charge on any atom is -0.490 e. The van der Waals surface area contributed by atoms with E-state index in [0.717, 1.165) is 0 Å². The van der Waals surface area contributed by atoms with Gasteiger partial charge in [-0.1, -0.05) is 7.43 Å². The number of ether oxygens (including phenoxy) is 2. The van der Waals surface area contributed by atoms with Crippen LogP contribution in [0.25, 0.3) is 5.65 Å². The summed E-state index contributed by atoms with van der Waals surface area (Å²) in [6.07, 6.45) is 2.29. The van der Waals surface area contributed by atoms with Crippen molar-refractivity contribution in [3.63, 3.8) is 0 Å². The summed E-state index contributed by atoms with van der Waals surface area (Å²) in [6.45, 7) is 4.74. The molecule has 0 bridgehead atoms. The number of aromatic nitrogens is 2. The van der Waals surface area contributed by atoms with Gasteiger partial charge in [0.2, 0.25) is 0 Å². The number of pyridine rings is 1. The summed E-state index contributed by atoms with van der Waals surface area (Å²) in [6, 6.07) is 3.12. The Balaban J connectivity index is 0.00000243. The molecule has 0 unspecified atom stereocenters. The molecule has 0 spiro atoms. The summed E-state index contributed by atoms with van der Waals surface area (Å²) in [5.74, 6) is 0.0977. The van der Waals surface area contributed by atoms with Gasteiger partial charge >= 0.3 is 5.97 Å². The summed E-state index contributed by atoms with van der Waals surface area (Å²) < 4.78 is 12.0. The highest BCUT2D eigenvalue weighted by Gasteiger charge is 2.32. The number of aryl methyl sites for hydroxylation is 1. The van der Waals surface area contributed by atoms with E-state index in [-0.39, 0.29) is 31.4 Å². The number of nitrogens with one attached hydrogen (secondary N) is 2. The summed E-state index contributed by atoms with van der Waals surface area (Å²) in [7, 11) is 1.35. The van der Waals surface area contributed by atoms with Crippen LogP contribution in [0, 0.1) is 6.92 Å². The number of hydrogen-bond donors (Lipinski definition) is 2. The SMILES string of the molecule is C.CCOc1cccn2c(C(=O)N[C@@H]3CN[C@H](C(=O)OC)C3)c(C)nc12.